The van der Waals surface area contributed by atoms with Crippen LogP contribution in [0.15, 0.2) is 36.4 Å². The highest BCUT2D eigenvalue weighted by Crippen LogP contribution is 2.17. The highest BCUT2D eigenvalue weighted by molar-refractivity contribution is 5.88. The zero-order chi connectivity index (χ0) is 30.9. The number of rotatable bonds is 16. The zero-order valence-corrected chi connectivity index (χ0v) is 25.1. The Morgan fingerprint density at radius 3 is 1.49 bits per heavy atom. The minimum atomic E-state index is -0.547. The highest BCUT2D eigenvalue weighted by atomic mass is 16.8. The number of hydrogen-bond donors (Lipinski definition) is 0. The van der Waals surface area contributed by atoms with Gasteiger partial charge in [0.15, 0.2) is 6.29 Å². The van der Waals surface area contributed by atoms with E-state index in [0.29, 0.717) is 58.2 Å². The van der Waals surface area contributed by atoms with E-state index in [1.165, 1.54) is 12.1 Å². The molecule has 0 saturated heterocycles. The second-order valence-electron chi connectivity index (χ2n) is 7.35. The first-order chi connectivity index (χ1) is 19.8. The van der Waals surface area contributed by atoms with E-state index in [9.17, 15) is 14.4 Å². The summed E-state index contributed by atoms with van der Waals surface area (Å²) in [7, 11) is 0. The molecule has 41 heavy (non-hydrogen) atoms. The van der Waals surface area contributed by atoms with Crippen molar-refractivity contribution in [1.29, 1.82) is 0 Å². The highest BCUT2D eigenvalue weighted by Gasteiger charge is 2.16. The molecule has 0 N–H and O–H groups in total. The van der Waals surface area contributed by atoms with Crippen molar-refractivity contribution in [2.24, 2.45) is 0 Å². The molecule has 0 aromatic carbocycles. The number of nitrogens with zero attached hydrogens (tertiary/aromatic N) is 2. The van der Waals surface area contributed by atoms with Crippen LogP contribution in [0, 0.1) is 0 Å². The largest absolute Gasteiger partial charge is 0.461 e. The fourth-order valence-electron chi connectivity index (χ4n) is 2.81. The van der Waals surface area contributed by atoms with Gasteiger partial charge >= 0.3 is 11.9 Å². The summed E-state index contributed by atoms with van der Waals surface area (Å²) in [5, 5.41) is 0. The van der Waals surface area contributed by atoms with E-state index in [2.05, 4.69) is 9.97 Å². The fourth-order valence-corrected chi connectivity index (χ4v) is 2.81. The van der Waals surface area contributed by atoms with Crippen LogP contribution in [0.1, 0.15) is 91.9 Å². The quantitative estimate of drug-likeness (QED) is 0.153. The number of carbonyl (C=O) groups excluding carboxylic acids is 3. The van der Waals surface area contributed by atoms with Crippen LogP contribution in [0.25, 0.3) is 0 Å². The lowest BCUT2D eigenvalue weighted by molar-refractivity contribution is -0.282. The lowest BCUT2D eigenvalue weighted by Gasteiger charge is -2.16. The van der Waals surface area contributed by atoms with Gasteiger partial charge in [-0.2, -0.15) is 0 Å². The molecule has 12 nitrogen and oxygen atoms in total. The Hall–Kier alpha value is -3.29. The van der Waals surface area contributed by atoms with Gasteiger partial charge in [-0.15, -0.1) is 0 Å². The Kier molecular flexibility index (Phi) is 22.5. The summed E-state index contributed by atoms with van der Waals surface area (Å²) < 4.78 is 35.7. The Labute approximate surface area is 242 Å². The van der Waals surface area contributed by atoms with E-state index >= 15 is 0 Å². The van der Waals surface area contributed by atoms with E-state index in [-0.39, 0.29) is 17.1 Å². The van der Waals surface area contributed by atoms with Gasteiger partial charge in [0, 0.05) is 33.0 Å². The maximum atomic E-state index is 11.6. The van der Waals surface area contributed by atoms with Crippen molar-refractivity contribution in [2.75, 3.05) is 46.2 Å². The van der Waals surface area contributed by atoms with Crippen LogP contribution in [0.4, 0.5) is 0 Å². The van der Waals surface area contributed by atoms with Gasteiger partial charge in [-0.05, 0) is 72.7 Å². The van der Waals surface area contributed by atoms with Gasteiger partial charge in [-0.1, -0.05) is 12.1 Å². The average molecular weight is 581 g/mol. The lowest BCUT2D eigenvalue weighted by atomic mass is 10.3. The van der Waals surface area contributed by atoms with Crippen LogP contribution in [0.3, 0.4) is 0 Å². The van der Waals surface area contributed by atoms with Gasteiger partial charge in [0.2, 0.25) is 6.29 Å². The van der Waals surface area contributed by atoms with Crippen LogP contribution in [-0.4, -0.2) is 80.9 Å². The van der Waals surface area contributed by atoms with Crippen molar-refractivity contribution < 1.29 is 47.5 Å². The molecule has 0 saturated carbocycles. The maximum Gasteiger partial charge on any atom is 0.356 e. The van der Waals surface area contributed by atoms with E-state index < -0.39 is 24.7 Å². The first kappa shape index (κ1) is 37.7. The fraction of sp³-hybridized carbons (Fsp3) is 0.552. The number of carbonyl (C=O) groups is 3. The summed E-state index contributed by atoms with van der Waals surface area (Å²) in [5.41, 5.74) is 1.22. The molecule has 12 heteroatoms. The van der Waals surface area contributed by atoms with Gasteiger partial charge in [0.25, 0.3) is 6.48 Å². The summed E-state index contributed by atoms with van der Waals surface area (Å²) in [6.07, 6.45) is 0.0392. The average Bonchev–Trinajstić information content (AvgIpc) is 2.98. The zero-order valence-electron chi connectivity index (χ0n) is 25.1. The van der Waals surface area contributed by atoms with Crippen LogP contribution in [0.5, 0.6) is 0 Å². The molecule has 0 bridgehead atoms. The molecule has 0 spiro atoms. The third-order valence-corrected chi connectivity index (χ3v) is 4.42. The van der Waals surface area contributed by atoms with Crippen molar-refractivity contribution in [1.82, 2.24) is 9.97 Å². The first-order valence-corrected chi connectivity index (χ1v) is 13.7. The Morgan fingerprint density at radius 1 is 0.634 bits per heavy atom. The summed E-state index contributed by atoms with van der Waals surface area (Å²) in [6.45, 7) is 16.0. The third kappa shape index (κ3) is 16.5. The van der Waals surface area contributed by atoms with Crippen LogP contribution >= 0.6 is 0 Å². The van der Waals surface area contributed by atoms with E-state index in [4.69, 9.17) is 33.2 Å². The monoisotopic (exact) mass is 580 g/mol. The van der Waals surface area contributed by atoms with Crippen molar-refractivity contribution in [2.45, 2.75) is 61.2 Å². The number of pyridine rings is 2. The van der Waals surface area contributed by atoms with E-state index in [1.54, 1.807) is 38.1 Å². The Bertz CT molecular complexity index is 969. The van der Waals surface area contributed by atoms with Crippen LogP contribution in [0.2, 0.25) is 0 Å². The van der Waals surface area contributed by atoms with Gasteiger partial charge in [0.1, 0.15) is 17.1 Å². The molecule has 0 unspecified atom stereocenters. The second kappa shape index (κ2) is 24.5. The molecule has 2 aromatic rings. The number of esters is 2. The smallest absolute Gasteiger partial charge is 0.356 e. The Balaban J connectivity index is 0.000000615. The summed E-state index contributed by atoms with van der Waals surface area (Å²) >= 11 is 0. The molecule has 230 valence electrons. The lowest BCUT2D eigenvalue weighted by Crippen LogP contribution is -2.20. The van der Waals surface area contributed by atoms with Crippen molar-refractivity contribution >= 4 is 18.2 Å². The molecular formula is C29H44N2O10. The molecule has 2 aromatic heterocycles. The normalized spacial score (nSPS) is 10.3. The Morgan fingerprint density at radius 2 is 1.07 bits per heavy atom. The standard InChI is InChI=1S/C13H19NO4.C9H9NO3.C7H16O3/c1-4-16-12(15)10-8-7-9-11(14-10)13(17-5-2)18-6-3;1-2-13-9(12)8-5-3-4-7(6-11)10-8;1-4-8-7(9-5-2)10-6-3/h7-9,13H,4-6H2,1-3H3;3-6H,2H2,1H3;7H,4-6H2,1-3H3. The predicted octanol–water partition coefficient (Wildman–Crippen LogP) is 4.78. The summed E-state index contributed by atoms with van der Waals surface area (Å²) in [5.74, 6) is -0.947. The molecule has 2 rings (SSSR count). The molecule has 0 aliphatic rings. The number of hydrogen-bond acceptors (Lipinski definition) is 12. The molecule has 0 amide bonds. The third-order valence-electron chi connectivity index (χ3n) is 4.42. The molecule has 0 fully saturated rings. The topological polar surface area (TPSA) is 142 Å². The molecule has 2 heterocycles. The molecule has 0 aliphatic carbocycles. The maximum absolute atomic E-state index is 11.6. The van der Waals surface area contributed by atoms with Crippen LogP contribution in [-0.2, 0) is 33.2 Å². The molecule has 0 aliphatic heterocycles. The predicted molar refractivity (Wildman–Crippen MR) is 150 cm³/mol. The van der Waals surface area contributed by atoms with Crippen LogP contribution < -0.4 is 0 Å². The number of ether oxygens (including phenoxy) is 7. The van der Waals surface area contributed by atoms with E-state index in [0.717, 1.165) is 0 Å². The van der Waals surface area contributed by atoms with Crippen molar-refractivity contribution in [3.05, 3.63) is 59.2 Å². The van der Waals surface area contributed by atoms with Gasteiger partial charge in [-0.3, -0.25) is 4.79 Å². The SMILES string of the molecule is CCOC(=O)c1cccc(C(OCC)OCC)n1.CCOC(=O)c1cccc(C=O)n1.CCOC(OCC)OCC. The summed E-state index contributed by atoms with van der Waals surface area (Å²) in [6, 6.07) is 9.72. The number of aldehydes is 1. The van der Waals surface area contributed by atoms with Gasteiger partial charge in [-0.25, -0.2) is 19.6 Å². The minimum Gasteiger partial charge on any atom is -0.461 e. The van der Waals surface area contributed by atoms with Crippen molar-refractivity contribution in [3.8, 4) is 0 Å². The first-order valence-electron chi connectivity index (χ1n) is 13.7. The van der Waals surface area contributed by atoms with Gasteiger partial charge < -0.3 is 33.2 Å². The molecule has 0 radical (unpaired) electrons. The van der Waals surface area contributed by atoms with Crippen molar-refractivity contribution in [3.63, 3.8) is 0 Å². The van der Waals surface area contributed by atoms with E-state index in [1.807, 2.05) is 34.6 Å². The molecule has 0 atom stereocenters. The minimum absolute atomic E-state index is 0.159. The second-order valence-corrected chi connectivity index (χ2v) is 7.35. The molecular weight excluding hydrogens is 536 g/mol. The summed E-state index contributed by atoms with van der Waals surface area (Å²) in [4.78, 5) is 41.0. The van der Waals surface area contributed by atoms with Gasteiger partial charge in [0.05, 0.1) is 18.9 Å². The number of aromatic nitrogens is 2.